The number of nitrogens with one attached hydrogen (secondary N) is 2. The smallest absolute Gasteiger partial charge is 0.408 e. The molecule has 1 atom stereocenters. The van der Waals surface area contributed by atoms with Crippen molar-refractivity contribution in [2.24, 2.45) is 0 Å². The minimum atomic E-state index is -0.990. The summed E-state index contributed by atoms with van der Waals surface area (Å²) in [6, 6.07) is 15.0. The molecular formula is C24H30N2O6. The van der Waals surface area contributed by atoms with E-state index in [1.807, 2.05) is 30.3 Å². The van der Waals surface area contributed by atoms with E-state index < -0.39 is 29.6 Å². The molecule has 8 nitrogen and oxygen atoms in total. The second kappa shape index (κ2) is 11.7. The Morgan fingerprint density at radius 1 is 0.969 bits per heavy atom. The van der Waals surface area contributed by atoms with Crippen LogP contribution in [0.1, 0.15) is 39.2 Å². The molecule has 0 aliphatic heterocycles. The van der Waals surface area contributed by atoms with Crippen molar-refractivity contribution in [1.82, 2.24) is 5.32 Å². The highest BCUT2D eigenvalue weighted by Gasteiger charge is 2.25. The van der Waals surface area contributed by atoms with Crippen LogP contribution in [0, 0.1) is 0 Å². The first-order valence-electron chi connectivity index (χ1n) is 10.3. The molecule has 0 aliphatic carbocycles. The highest BCUT2D eigenvalue weighted by atomic mass is 16.6. The Balaban J connectivity index is 1.97. The zero-order valence-electron chi connectivity index (χ0n) is 18.8. The van der Waals surface area contributed by atoms with Gasteiger partial charge in [0.05, 0.1) is 7.11 Å². The Bertz CT molecular complexity index is 891. The summed E-state index contributed by atoms with van der Waals surface area (Å²) >= 11 is 0. The average molecular weight is 443 g/mol. The number of anilines is 1. The van der Waals surface area contributed by atoms with Crippen molar-refractivity contribution >= 4 is 23.7 Å². The van der Waals surface area contributed by atoms with Gasteiger partial charge in [0.25, 0.3) is 0 Å². The number of alkyl carbamates (subject to hydrolysis) is 1. The molecule has 1 unspecified atom stereocenters. The number of carbonyl (C=O) groups is 3. The van der Waals surface area contributed by atoms with Crippen LogP contribution >= 0.6 is 0 Å². The summed E-state index contributed by atoms with van der Waals surface area (Å²) in [5, 5.41) is 5.27. The molecule has 0 heterocycles. The molecule has 0 saturated carbocycles. The zero-order valence-corrected chi connectivity index (χ0v) is 18.8. The van der Waals surface area contributed by atoms with E-state index in [1.165, 1.54) is 0 Å². The maximum absolute atomic E-state index is 12.8. The highest BCUT2D eigenvalue weighted by Crippen LogP contribution is 2.16. The average Bonchev–Trinajstić information content (AvgIpc) is 2.75. The molecule has 8 heteroatoms. The lowest BCUT2D eigenvalue weighted by atomic mass is 10.1. The van der Waals surface area contributed by atoms with Gasteiger partial charge in [-0.15, -0.1) is 0 Å². The third-order valence-electron chi connectivity index (χ3n) is 4.24. The third kappa shape index (κ3) is 9.07. The number of methoxy groups -OCH3 is 1. The standard InChI is InChI=1S/C24H30N2O6/c1-24(2,3)32-23(29)26-20(22(28)25-18-10-12-19(30-4)13-11-18)14-15-21(27)31-16-17-8-6-5-7-9-17/h5-13,20H,14-16H2,1-4H3,(H,25,28)(H,26,29). The van der Waals surface area contributed by atoms with Gasteiger partial charge in [-0.3, -0.25) is 9.59 Å². The van der Waals surface area contributed by atoms with Crippen molar-refractivity contribution in [2.75, 3.05) is 12.4 Å². The van der Waals surface area contributed by atoms with Crippen LogP contribution in [0.2, 0.25) is 0 Å². The topological polar surface area (TPSA) is 103 Å². The lowest BCUT2D eigenvalue weighted by molar-refractivity contribution is -0.145. The summed E-state index contributed by atoms with van der Waals surface area (Å²) in [6.45, 7) is 5.31. The molecule has 2 rings (SSSR count). The van der Waals surface area contributed by atoms with E-state index in [9.17, 15) is 14.4 Å². The summed E-state index contributed by atoms with van der Waals surface area (Å²) in [7, 11) is 1.55. The van der Waals surface area contributed by atoms with Gasteiger partial charge < -0.3 is 24.8 Å². The quantitative estimate of drug-likeness (QED) is 0.568. The van der Waals surface area contributed by atoms with Crippen LogP contribution in [0.5, 0.6) is 5.75 Å². The maximum atomic E-state index is 12.8. The monoisotopic (exact) mass is 442 g/mol. The molecule has 2 amide bonds. The summed E-state index contributed by atoms with van der Waals surface area (Å²) < 4.78 is 15.6. The Kier molecular flexibility index (Phi) is 9.07. The fraction of sp³-hybridized carbons (Fsp3) is 0.375. The minimum absolute atomic E-state index is 0.0505. The molecule has 0 radical (unpaired) electrons. The largest absolute Gasteiger partial charge is 0.497 e. The van der Waals surface area contributed by atoms with Gasteiger partial charge in [-0.25, -0.2) is 4.79 Å². The predicted molar refractivity (Wildman–Crippen MR) is 120 cm³/mol. The van der Waals surface area contributed by atoms with E-state index >= 15 is 0 Å². The SMILES string of the molecule is COc1ccc(NC(=O)C(CCC(=O)OCc2ccccc2)NC(=O)OC(C)(C)C)cc1. The van der Waals surface area contributed by atoms with E-state index in [0.717, 1.165) is 5.56 Å². The van der Waals surface area contributed by atoms with Crippen LogP contribution < -0.4 is 15.4 Å². The molecule has 0 spiro atoms. The second-order valence-electron chi connectivity index (χ2n) is 8.10. The number of amides is 2. The van der Waals surface area contributed by atoms with Crippen molar-refractivity contribution < 1.29 is 28.6 Å². The Morgan fingerprint density at radius 3 is 2.22 bits per heavy atom. The first kappa shape index (κ1) is 24.7. The molecule has 2 aromatic rings. The van der Waals surface area contributed by atoms with E-state index in [4.69, 9.17) is 14.2 Å². The minimum Gasteiger partial charge on any atom is -0.497 e. The third-order valence-corrected chi connectivity index (χ3v) is 4.24. The van der Waals surface area contributed by atoms with E-state index in [0.29, 0.717) is 11.4 Å². The summed E-state index contributed by atoms with van der Waals surface area (Å²) in [5.74, 6) is -0.299. The maximum Gasteiger partial charge on any atom is 0.408 e. The van der Waals surface area contributed by atoms with Gasteiger partial charge in [0.15, 0.2) is 0 Å². The van der Waals surface area contributed by atoms with Gasteiger partial charge in [-0.1, -0.05) is 30.3 Å². The number of esters is 1. The van der Waals surface area contributed by atoms with Gasteiger partial charge in [-0.2, -0.15) is 0 Å². The molecule has 32 heavy (non-hydrogen) atoms. The van der Waals surface area contributed by atoms with Crippen LogP contribution in [0.4, 0.5) is 10.5 Å². The zero-order chi connectivity index (χ0) is 23.6. The van der Waals surface area contributed by atoms with Crippen molar-refractivity contribution in [2.45, 2.75) is 51.9 Å². The van der Waals surface area contributed by atoms with Crippen LogP contribution in [0.3, 0.4) is 0 Å². The van der Waals surface area contributed by atoms with Crippen molar-refractivity contribution in [3.63, 3.8) is 0 Å². The normalized spacial score (nSPS) is 11.8. The molecule has 0 saturated heterocycles. The molecule has 2 N–H and O–H groups in total. The lowest BCUT2D eigenvalue weighted by Crippen LogP contribution is -2.46. The van der Waals surface area contributed by atoms with Crippen molar-refractivity contribution in [3.8, 4) is 5.75 Å². The van der Waals surface area contributed by atoms with E-state index in [2.05, 4.69) is 10.6 Å². The van der Waals surface area contributed by atoms with Crippen LogP contribution in [0.15, 0.2) is 54.6 Å². The summed E-state index contributed by atoms with van der Waals surface area (Å²) in [6.07, 6.45) is -0.747. The summed E-state index contributed by atoms with van der Waals surface area (Å²) in [5.41, 5.74) is 0.662. The number of ether oxygens (including phenoxy) is 3. The number of hydrogen-bond donors (Lipinski definition) is 2. The Labute approximate surface area is 188 Å². The molecule has 0 fully saturated rings. The first-order chi connectivity index (χ1) is 15.2. The first-order valence-corrected chi connectivity index (χ1v) is 10.3. The van der Waals surface area contributed by atoms with Gasteiger partial charge in [0.1, 0.15) is 24.0 Å². The van der Waals surface area contributed by atoms with Crippen molar-refractivity contribution in [1.29, 1.82) is 0 Å². The molecule has 0 bridgehead atoms. The highest BCUT2D eigenvalue weighted by molar-refractivity contribution is 5.96. The van der Waals surface area contributed by atoms with Gasteiger partial charge in [-0.05, 0) is 57.0 Å². The molecule has 0 aromatic heterocycles. The Morgan fingerprint density at radius 2 is 1.62 bits per heavy atom. The molecule has 172 valence electrons. The predicted octanol–water partition coefficient (Wildman–Crippen LogP) is 4.05. The number of carbonyl (C=O) groups excluding carboxylic acids is 3. The van der Waals surface area contributed by atoms with Crippen LogP contribution in [0.25, 0.3) is 0 Å². The van der Waals surface area contributed by atoms with Crippen LogP contribution in [-0.2, 0) is 25.7 Å². The van der Waals surface area contributed by atoms with E-state index in [-0.39, 0.29) is 19.4 Å². The molecule has 2 aromatic carbocycles. The van der Waals surface area contributed by atoms with Gasteiger partial charge >= 0.3 is 12.1 Å². The number of benzene rings is 2. The lowest BCUT2D eigenvalue weighted by Gasteiger charge is -2.23. The van der Waals surface area contributed by atoms with Crippen molar-refractivity contribution in [3.05, 3.63) is 60.2 Å². The van der Waals surface area contributed by atoms with Crippen LogP contribution in [-0.4, -0.2) is 36.7 Å². The second-order valence-corrected chi connectivity index (χ2v) is 8.10. The fourth-order valence-corrected chi connectivity index (χ4v) is 2.69. The Hall–Kier alpha value is -3.55. The summed E-state index contributed by atoms with van der Waals surface area (Å²) in [4.78, 5) is 37.2. The molecular weight excluding hydrogens is 412 g/mol. The van der Waals surface area contributed by atoms with Gasteiger partial charge in [0.2, 0.25) is 5.91 Å². The number of rotatable bonds is 9. The fourth-order valence-electron chi connectivity index (χ4n) is 2.69. The number of hydrogen-bond acceptors (Lipinski definition) is 6. The van der Waals surface area contributed by atoms with E-state index in [1.54, 1.807) is 52.1 Å². The molecule has 0 aliphatic rings. The van der Waals surface area contributed by atoms with Gasteiger partial charge in [0, 0.05) is 12.1 Å².